The van der Waals surface area contributed by atoms with E-state index in [1.54, 1.807) is 6.20 Å². The number of aromatic amines is 1. The maximum atomic E-state index is 13.3. The van der Waals surface area contributed by atoms with Crippen molar-refractivity contribution >= 4 is 22.8 Å². The highest BCUT2D eigenvalue weighted by molar-refractivity contribution is 5.88. The van der Waals surface area contributed by atoms with Gasteiger partial charge >= 0.3 is 5.97 Å². The molecule has 1 heterocycles. The summed E-state index contributed by atoms with van der Waals surface area (Å²) in [5, 5.41) is 12.7. The third kappa shape index (κ3) is 4.34. The molecule has 8 heteroatoms. The van der Waals surface area contributed by atoms with Crippen LogP contribution < -0.4 is 11.1 Å². The summed E-state index contributed by atoms with van der Waals surface area (Å²) >= 11 is 0. The van der Waals surface area contributed by atoms with E-state index in [9.17, 15) is 23.5 Å². The molecule has 3 rings (SSSR count). The molecule has 146 valence electrons. The van der Waals surface area contributed by atoms with Gasteiger partial charge in [0.25, 0.3) is 0 Å². The zero-order valence-corrected chi connectivity index (χ0v) is 14.8. The minimum Gasteiger partial charge on any atom is -0.480 e. The topological polar surface area (TPSA) is 108 Å². The van der Waals surface area contributed by atoms with Gasteiger partial charge in [0.05, 0.1) is 6.04 Å². The Morgan fingerprint density at radius 3 is 2.57 bits per heavy atom. The maximum Gasteiger partial charge on any atom is 0.326 e. The summed E-state index contributed by atoms with van der Waals surface area (Å²) in [6, 6.07) is 8.35. The van der Waals surface area contributed by atoms with Crippen molar-refractivity contribution < 1.29 is 23.5 Å². The number of aromatic nitrogens is 1. The highest BCUT2D eigenvalue weighted by atomic mass is 19.2. The van der Waals surface area contributed by atoms with Gasteiger partial charge in [0.15, 0.2) is 11.6 Å². The average Bonchev–Trinajstić information content (AvgIpc) is 3.07. The molecule has 1 unspecified atom stereocenters. The Morgan fingerprint density at radius 1 is 1.11 bits per heavy atom. The number of benzene rings is 2. The van der Waals surface area contributed by atoms with Crippen molar-refractivity contribution in [2.45, 2.75) is 24.9 Å². The van der Waals surface area contributed by atoms with E-state index in [1.807, 2.05) is 24.3 Å². The minimum absolute atomic E-state index is 0.196. The zero-order valence-electron chi connectivity index (χ0n) is 14.8. The third-order valence-corrected chi connectivity index (χ3v) is 4.49. The fourth-order valence-electron chi connectivity index (χ4n) is 3.01. The molecule has 0 saturated heterocycles. The molecule has 2 aromatic carbocycles. The average molecular weight is 387 g/mol. The number of carboxylic acids is 1. The number of nitrogens with one attached hydrogen (secondary N) is 2. The standard InChI is InChI=1S/C20H19F2N3O3/c21-14-6-5-11(7-15(14)22)8-18(20(27)28)25-19(26)16(23)9-12-10-24-17-4-2-1-3-13(12)17/h1-7,10,16,18,24H,8-9,23H2,(H,25,26)(H,27,28)/t16-,18?/m0/s1. The SMILES string of the molecule is N[C@@H](Cc1c[nH]c2ccccc12)C(=O)NC(Cc1ccc(F)c(F)c1)C(=O)O. The predicted octanol–water partition coefficient (Wildman–Crippen LogP) is 2.13. The lowest BCUT2D eigenvalue weighted by molar-refractivity contribution is -0.141. The number of carbonyl (C=O) groups excluding carboxylic acids is 1. The monoisotopic (exact) mass is 387 g/mol. The van der Waals surface area contributed by atoms with E-state index in [1.165, 1.54) is 6.07 Å². The zero-order chi connectivity index (χ0) is 20.3. The fourth-order valence-corrected chi connectivity index (χ4v) is 3.01. The number of hydrogen-bond donors (Lipinski definition) is 4. The Kier molecular flexibility index (Phi) is 5.70. The molecule has 1 amide bonds. The van der Waals surface area contributed by atoms with Gasteiger partial charge < -0.3 is 21.1 Å². The van der Waals surface area contributed by atoms with Crippen LogP contribution in [-0.2, 0) is 22.4 Å². The Hall–Kier alpha value is -3.26. The van der Waals surface area contributed by atoms with E-state index < -0.39 is 35.6 Å². The number of H-pyrrole nitrogens is 1. The van der Waals surface area contributed by atoms with E-state index in [-0.39, 0.29) is 18.4 Å². The van der Waals surface area contributed by atoms with Gasteiger partial charge in [-0.2, -0.15) is 0 Å². The second kappa shape index (κ2) is 8.18. The van der Waals surface area contributed by atoms with Crippen LogP contribution in [0.3, 0.4) is 0 Å². The molecule has 6 nitrogen and oxygen atoms in total. The number of nitrogens with two attached hydrogens (primary N) is 1. The van der Waals surface area contributed by atoms with Crippen LogP contribution in [0.5, 0.6) is 0 Å². The first-order chi connectivity index (χ1) is 13.3. The third-order valence-electron chi connectivity index (χ3n) is 4.49. The van der Waals surface area contributed by atoms with Crippen LogP contribution in [0, 0.1) is 11.6 Å². The molecule has 1 aromatic heterocycles. The first kappa shape index (κ1) is 19.5. The normalized spacial score (nSPS) is 13.2. The molecule has 2 atom stereocenters. The van der Waals surface area contributed by atoms with Gasteiger partial charge in [-0.1, -0.05) is 24.3 Å². The minimum atomic E-state index is -1.31. The number of fused-ring (bicyclic) bond motifs is 1. The Labute approximate surface area is 159 Å². The molecule has 0 fully saturated rings. The number of carbonyl (C=O) groups is 2. The number of amides is 1. The van der Waals surface area contributed by atoms with E-state index in [4.69, 9.17) is 5.73 Å². The summed E-state index contributed by atoms with van der Waals surface area (Å²) in [5.74, 6) is -4.04. The van der Waals surface area contributed by atoms with Crippen molar-refractivity contribution in [1.29, 1.82) is 0 Å². The predicted molar refractivity (Wildman–Crippen MR) is 99.6 cm³/mol. The summed E-state index contributed by atoms with van der Waals surface area (Å²) in [6.45, 7) is 0. The molecule has 0 spiro atoms. The van der Waals surface area contributed by atoms with Gasteiger partial charge in [0, 0.05) is 23.5 Å². The summed E-state index contributed by atoms with van der Waals surface area (Å²) < 4.78 is 26.4. The number of carboxylic acid groups (broad SMARTS) is 1. The van der Waals surface area contributed by atoms with E-state index in [2.05, 4.69) is 10.3 Å². The molecule has 0 bridgehead atoms. The number of halogens is 2. The summed E-state index contributed by atoms with van der Waals surface area (Å²) in [4.78, 5) is 27.0. The molecule has 0 saturated carbocycles. The van der Waals surface area contributed by atoms with Crippen LogP contribution in [-0.4, -0.2) is 34.1 Å². The molecule has 0 radical (unpaired) electrons. The van der Waals surface area contributed by atoms with Crippen LogP contribution in [0.4, 0.5) is 8.78 Å². The Balaban J connectivity index is 1.67. The van der Waals surface area contributed by atoms with Crippen molar-refractivity contribution in [3.8, 4) is 0 Å². The van der Waals surface area contributed by atoms with Crippen LogP contribution in [0.15, 0.2) is 48.7 Å². The van der Waals surface area contributed by atoms with Crippen molar-refractivity contribution in [3.05, 3.63) is 71.4 Å². The summed E-state index contributed by atoms with van der Waals surface area (Å²) in [6.07, 6.45) is 1.78. The lowest BCUT2D eigenvalue weighted by Crippen LogP contribution is -2.50. The molecular weight excluding hydrogens is 368 g/mol. The van der Waals surface area contributed by atoms with Crippen molar-refractivity contribution in [2.75, 3.05) is 0 Å². The van der Waals surface area contributed by atoms with Gasteiger partial charge in [-0.15, -0.1) is 0 Å². The highest BCUT2D eigenvalue weighted by Gasteiger charge is 2.24. The number of rotatable bonds is 7. The van der Waals surface area contributed by atoms with Crippen molar-refractivity contribution in [1.82, 2.24) is 10.3 Å². The first-order valence-electron chi connectivity index (χ1n) is 8.63. The van der Waals surface area contributed by atoms with Gasteiger partial charge in [-0.05, 0) is 35.7 Å². The van der Waals surface area contributed by atoms with E-state index in [0.717, 1.165) is 28.6 Å². The quantitative estimate of drug-likeness (QED) is 0.498. The molecule has 0 aliphatic carbocycles. The van der Waals surface area contributed by atoms with Gasteiger partial charge in [-0.25, -0.2) is 13.6 Å². The van der Waals surface area contributed by atoms with Crippen molar-refractivity contribution in [2.24, 2.45) is 5.73 Å². The first-order valence-corrected chi connectivity index (χ1v) is 8.63. The van der Waals surface area contributed by atoms with E-state index in [0.29, 0.717) is 0 Å². The summed E-state index contributed by atoms with van der Waals surface area (Å²) in [5.41, 5.74) is 7.95. The molecular formula is C20H19F2N3O3. The molecule has 3 aromatic rings. The van der Waals surface area contributed by atoms with E-state index >= 15 is 0 Å². The highest BCUT2D eigenvalue weighted by Crippen LogP contribution is 2.19. The van der Waals surface area contributed by atoms with Gasteiger partial charge in [-0.3, -0.25) is 4.79 Å². The molecule has 0 aliphatic rings. The molecule has 28 heavy (non-hydrogen) atoms. The smallest absolute Gasteiger partial charge is 0.326 e. The van der Waals surface area contributed by atoms with Crippen LogP contribution in [0.1, 0.15) is 11.1 Å². The lowest BCUT2D eigenvalue weighted by Gasteiger charge is -2.18. The second-order valence-electron chi connectivity index (χ2n) is 6.52. The molecule has 0 aliphatic heterocycles. The Bertz CT molecular complexity index is 1020. The summed E-state index contributed by atoms with van der Waals surface area (Å²) in [7, 11) is 0. The lowest BCUT2D eigenvalue weighted by atomic mass is 10.0. The maximum absolute atomic E-state index is 13.3. The van der Waals surface area contributed by atoms with Gasteiger partial charge in [0.2, 0.25) is 5.91 Å². The number of hydrogen-bond acceptors (Lipinski definition) is 3. The number of para-hydroxylation sites is 1. The van der Waals surface area contributed by atoms with Crippen LogP contribution in [0.25, 0.3) is 10.9 Å². The molecule has 5 N–H and O–H groups in total. The largest absolute Gasteiger partial charge is 0.480 e. The fraction of sp³-hybridized carbons (Fsp3) is 0.200. The number of aliphatic carboxylic acids is 1. The van der Waals surface area contributed by atoms with Crippen molar-refractivity contribution in [3.63, 3.8) is 0 Å². The van der Waals surface area contributed by atoms with Crippen LogP contribution >= 0.6 is 0 Å². The second-order valence-corrected chi connectivity index (χ2v) is 6.52. The van der Waals surface area contributed by atoms with Gasteiger partial charge in [0.1, 0.15) is 6.04 Å². The van der Waals surface area contributed by atoms with Crippen LogP contribution in [0.2, 0.25) is 0 Å². The Morgan fingerprint density at radius 2 is 1.86 bits per heavy atom.